The summed E-state index contributed by atoms with van der Waals surface area (Å²) in [4.78, 5) is 12.5. The maximum absolute atomic E-state index is 12.5. The van der Waals surface area contributed by atoms with Gasteiger partial charge in [0.1, 0.15) is 5.75 Å². The number of hydrogen-bond donors (Lipinski definition) is 1. The molecule has 0 saturated carbocycles. The summed E-state index contributed by atoms with van der Waals surface area (Å²) < 4.78 is 9.05. The van der Waals surface area contributed by atoms with Crippen molar-refractivity contribution in [1.29, 1.82) is 0 Å². The van der Waals surface area contributed by atoms with Gasteiger partial charge in [-0.3, -0.25) is 14.2 Å². The minimum absolute atomic E-state index is 0.0459. The van der Waals surface area contributed by atoms with Crippen LogP contribution in [0.5, 0.6) is 5.75 Å². The Bertz CT molecular complexity index is 1190. The van der Waals surface area contributed by atoms with Gasteiger partial charge in [-0.25, -0.2) is 0 Å². The molecule has 0 aliphatic rings. The third-order valence-electron chi connectivity index (χ3n) is 5.05. The molecule has 7 nitrogen and oxygen atoms in total. The van der Waals surface area contributed by atoms with Gasteiger partial charge in [-0.15, -0.1) is 0 Å². The number of aromatic nitrogens is 4. The predicted molar refractivity (Wildman–Crippen MR) is 117 cm³/mol. The number of amides is 1. The van der Waals surface area contributed by atoms with Crippen molar-refractivity contribution < 1.29 is 9.53 Å². The van der Waals surface area contributed by atoms with Gasteiger partial charge in [0, 0.05) is 23.2 Å². The second-order valence-corrected chi connectivity index (χ2v) is 7.38. The van der Waals surface area contributed by atoms with Gasteiger partial charge in [-0.2, -0.15) is 10.2 Å². The Labute approximate surface area is 175 Å². The molecule has 7 heteroatoms. The fourth-order valence-corrected chi connectivity index (χ4v) is 3.56. The van der Waals surface area contributed by atoms with Crippen molar-refractivity contribution in [3.8, 4) is 5.75 Å². The van der Waals surface area contributed by atoms with Crippen molar-refractivity contribution in [2.45, 2.75) is 33.4 Å². The largest absolute Gasteiger partial charge is 0.497 e. The predicted octanol–water partition coefficient (Wildman–Crippen LogP) is 3.94. The zero-order chi connectivity index (χ0) is 21.1. The number of methoxy groups -OCH3 is 1. The average Bonchev–Trinajstić information content (AvgIpc) is 3.28. The molecule has 30 heavy (non-hydrogen) atoms. The molecule has 2 aromatic carbocycles. The highest BCUT2D eigenvalue weighted by Gasteiger charge is 2.08. The average molecular weight is 403 g/mol. The van der Waals surface area contributed by atoms with Crippen LogP contribution >= 0.6 is 0 Å². The van der Waals surface area contributed by atoms with Crippen molar-refractivity contribution in [2.24, 2.45) is 0 Å². The van der Waals surface area contributed by atoms with Gasteiger partial charge < -0.3 is 10.1 Å². The first kappa shape index (κ1) is 19.7. The number of carbonyl (C=O) groups is 1. The molecule has 4 rings (SSSR count). The monoisotopic (exact) mass is 403 g/mol. The van der Waals surface area contributed by atoms with Gasteiger partial charge in [0.25, 0.3) is 0 Å². The number of hydrogen-bond acceptors (Lipinski definition) is 4. The van der Waals surface area contributed by atoms with Crippen molar-refractivity contribution in [2.75, 3.05) is 12.4 Å². The number of carbonyl (C=O) groups excluding carboxylic acids is 1. The highest BCUT2D eigenvalue weighted by Crippen LogP contribution is 2.20. The van der Waals surface area contributed by atoms with Gasteiger partial charge in [-0.1, -0.05) is 12.1 Å². The first-order chi connectivity index (χ1) is 14.5. The Morgan fingerprint density at radius 1 is 1.10 bits per heavy atom. The molecule has 0 fully saturated rings. The van der Waals surface area contributed by atoms with Gasteiger partial charge >= 0.3 is 0 Å². The second kappa shape index (κ2) is 8.41. The Hall–Kier alpha value is -3.61. The zero-order valence-corrected chi connectivity index (χ0v) is 17.4. The molecule has 2 heterocycles. The molecule has 4 aromatic rings. The molecule has 0 radical (unpaired) electrons. The van der Waals surface area contributed by atoms with E-state index in [4.69, 9.17) is 4.74 Å². The van der Waals surface area contributed by atoms with Crippen LogP contribution in [-0.4, -0.2) is 32.6 Å². The Balaban J connectivity index is 1.38. The third-order valence-corrected chi connectivity index (χ3v) is 5.05. The van der Waals surface area contributed by atoms with Crippen LogP contribution in [0.1, 0.15) is 23.4 Å². The molecule has 0 unspecified atom stereocenters. The summed E-state index contributed by atoms with van der Waals surface area (Å²) in [6, 6.07) is 15.7. The summed E-state index contributed by atoms with van der Waals surface area (Å²) in [5.41, 5.74) is 4.98. The van der Waals surface area contributed by atoms with Gasteiger partial charge in [0.05, 0.1) is 37.6 Å². The number of ether oxygens (including phenoxy) is 1. The van der Waals surface area contributed by atoms with Crippen LogP contribution in [-0.2, 0) is 17.9 Å². The van der Waals surface area contributed by atoms with Gasteiger partial charge in [0.15, 0.2) is 0 Å². The smallest absolute Gasteiger partial charge is 0.226 e. The van der Waals surface area contributed by atoms with Crippen LogP contribution in [0.3, 0.4) is 0 Å². The molecule has 0 atom stereocenters. The summed E-state index contributed by atoms with van der Waals surface area (Å²) in [6.07, 6.45) is 2.13. The van der Waals surface area contributed by atoms with Crippen molar-refractivity contribution >= 4 is 22.5 Å². The minimum Gasteiger partial charge on any atom is -0.497 e. The highest BCUT2D eigenvalue weighted by atomic mass is 16.5. The highest BCUT2D eigenvalue weighted by molar-refractivity contribution is 5.90. The van der Waals surface area contributed by atoms with E-state index in [1.807, 2.05) is 65.7 Å². The standard InChI is InChI=1S/C23H25N5O2/c1-16-11-17(2)28(26-16)15-18-5-4-6-20(12-18)25-23(29)9-10-27-22-8-7-21(30-3)13-19(22)14-24-27/h4-8,11-14H,9-10,15H2,1-3H3,(H,25,29). The van der Waals surface area contributed by atoms with E-state index < -0.39 is 0 Å². The van der Waals surface area contributed by atoms with Crippen LogP contribution in [0.2, 0.25) is 0 Å². The van der Waals surface area contributed by atoms with Crippen LogP contribution in [0.25, 0.3) is 10.9 Å². The molecule has 154 valence electrons. The van der Waals surface area contributed by atoms with E-state index in [0.29, 0.717) is 19.5 Å². The SMILES string of the molecule is COc1ccc2c(cnn2CCC(=O)Nc2cccc(Cn3nc(C)cc3C)c2)c1. The second-order valence-electron chi connectivity index (χ2n) is 7.38. The Kier molecular flexibility index (Phi) is 5.52. The molecule has 1 amide bonds. The lowest BCUT2D eigenvalue weighted by atomic mass is 10.2. The maximum Gasteiger partial charge on any atom is 0.226 e. The summed E-state index contributed by atoms with van der Waals surface area (Å²) in [5, 5.41) is 12.9. The van der Waals surface area contributed by atoms with E-state index in [-0.39, 0.29) is 5.91 Å². The van der Waals surface area contributed by atoms with Crippen molar-refractivity contribution in [3.05, 3.63) is 71.7 Å². The van der Waals surface area contributed by atoms with E-state index >= 15 is 0 Å². The number of benzene rings is 2. The topological polar surface area (TPSA) is 74.0 Å². The first-order valence-corrected chi connectivity index (χ1v) is 9.91. The lowest BCUT2D eigenvalue weighted by Gasteiger charge is -2.09. The fraction of sp³-hybridized carbons (Fsp3) is 0.261. The summed E-state index contributed by atoms with van der Waals surface area (Å²) in [7, 11) is 1.64. The summed E-state index contributed by atoms with van der Waals surface area (Å²) >= 11 is 0. The number of nitrogens with zero attached hydrogens (tertiary/aromatic N) is 4. The van der Waals surface area contributed by atoms with E-state index in [9.17, 15) is 4.79 Å². The van der Waals surface area contributed by atoms with Gasteiger partial charge in [-0.05, 0) is 55.8 Å². The van der Waals surface area contributed by atoms with Crippen molar-refractivity contribution in [1.82, 2.24) is 19.6 Å². The lowest BCUT2D eigenvalue weighted by Crippen LogP contribution is -2.15. The van der Waals surface area contributed by atoms with Gasteiger partial charge in [0.2, 0.25) is 5.91 Å². The summed E-state index contributed by atoms with van der Waals surface area (Å²) in [5.74, 6) is 0.746. The summed E-state index contributed by atoms with van der Waals surface area (Å²) in [6.45, 7) is 5.21. The van der Waals surface area contributed by atoms with Crippen molar-refractivity contribution in [3.63, 3.8) is 0 Å². The van der Waals surface area contributed by atoms with E-state index in [2.05, 4.69) is 21.6 Å². The fourth-order valence-electron chi connectivity index (χ4n) is 3.56. The Morgan fingerprint density at radius 3 is 2.73 bits per heavy atom. The van der Waals surface area contributed by atoms with Crippen LogP contribution in [0.4, 0.5) is 5.69 Å². The maximum atomic E-state index is 12.5. The molecular weight excluding hydrogens is 378 g/mol. The normalized spacial score (nSPS) is 11.0. The molecule has 0 aliphatic carbocycles. The van der Waals surface area contributed by atoms with E-state index in [1.54, 1.807) is 13.3 Å². The number of aryl methyl sites for hydroxylation is 3. The molecule has 1 N–H and O–H groups in total. The molecule has 0 spiro atoms. The van der Waals surface area contributed by atoms with Crippen LogP contribution < -0.4 is 10.1 Å². The van der Waals surface area contributed by atoms with E-state index in [1.165, 1.54) is 0 Å². The quantitative estimate of drug-likeness (QED) is 0.507. The Morgan fingerprint density at radius 2 is 1.97 bits per heavy atom. The van der Waals surface area contributed by atoms with Crippen LogP contribution in [0, 0.1) is 13.8 Å². The molecule has 0 saturated heterocycles. The molecular formula is C23H25N5O2. The number of fused-ring (bicyclic) bond motifs is 1. The first-order valence-electron chi connectivity index (χ1n) is 9.91. The minimum atomic E-state index is -0.0459. The molecule has 0 bridgehead atoms. The number of rotatable bonds is 7. The number of nitrogens with one attached hydrogen (secondary N) is 1. The number of anilines is 1. The van der Waals surface area contributed by atoms with Crippen LogP contribution in [0.15, 0.2) is 54.7 Å². The zero-order valence-electron chi connectivity index (χ0n) is 17.4. The molecule has 0 aliphatic heterocycles. The van der Waals surface area contributed by atoms with E-state index in [0.717, 1.165) is 39.3 Å². The lowest BCUT2D eigenvalue weighted by molar-refractivity contribution is -0.116. The molecule has 2 aromatic heterocycles. The third kappa shape index (κ3) is 4.35.